The molecule has 9 heteroatoms. The van der Waals surface area contributed by atoms with Crippen molar-refractivity contribution in [3.05, 3.63) is 47.6 Å². The zero-order chi connectivity index (χ0) is 19.9. The van der Waals surface area contributed by atoms with Gasteiger partial charge in [0.25, 0.3) is 0 Å². The lowest BCUT2D eigenvalue weighted by Crippen LogP contribution is -2.52. The van der Waals surface area contributed by atoms with Gasteiger partial charge in [-0.25, -0.2) is 9.78 Å². The van der Waals surface area contributed by atoms with Crippen LogP contribution in [0.4, 0.5) is 16.2 Å². The van der Waals surface area contributed by atoms with Crippen LogP contribution in [0.2, 0.25) is 5.02 Å². The van der Waals surface area contributed by atoms with Crippen molar-refractivity contribution in [1.29, 1.82) is 0 Å². The average molecular weight is 404 g/mol. The molecule has 1 saturated heterocycles. The Morgan fingerprint density at radius 1 is 1.11 bits per heavy atom. The van der Waals surface area contributed by atoms with Crippen molar-refractivity contribution in [3.63, 3.8) is 0 Å². The van der Waals surface area contributed by atoms with Gasteiger partial charge in [0.1, 0.15) is 0 Å². The number of amides is 3. The van der Waals surface area contributed by atoms with E-state index in [2.05, 4.69) is 20.5 Å². The van der Waals surface area contributed by atoms with Gasteiger partial charge in [0, 0.05) is 43.0 Å². The number of nitrogens with zero attached hydrogens (tertiary/aromatic N) is 3. The van der Waals surface area contributed by atoms with Crippen molar-refractivity contribution in [3.8, 4) is 5.88 Å². The van der Waals surface area contributed by atoms with Gasteiger partial charge in [-0.2, -0.15) is 0 Å². The van der Waals surface area contributed by atoms with Crippen LogP contribution >= 0.6 is 11.6 Å². The molecule has 0 bridgehead atoms. The first-order valence-electron chi connectivity index (χ1n) is 8.88. The maximum atomic E-state index is 12.3. The molecule has 2 heterocycles. The molecule has 28 heavy (non-hydrogen) atoms. The molecular formula is C19H22ClN5O3. The lowest BCUT2D eigenvalue weighted by Gasteiger charge is -2.36. The Labute approximate surface area is 168 Å². The number of piperazine rings is 1. The van der Waals surface area contributed by atoms with E-state index in [0.29, 0.717) is 29.7 Å². The molecule has 0 saturated carbocycles. The molecule has 1 aliphatic rings. The van der Waals surface area contributed by atoms with E-state index in [1.54, 1.807) is 17.0 Å². The lowest BCUT2D eigenvalue weighted by molar-refractivity contribution is -0.115. The number of methoxy groups -OCH3 is 1. The minimum absolute atomic E-state index is 0.109. The van der Waals surface area contributed by atoms with Gasteiger partial charge in [0.15, 0.2) is 0 Å². The largest absolute Gasteiger partial charge is 0.481 e. The van der Waals surface area contributed by atoms with E-state index >= 15 is 0 Å². The first-order chi connectivity index (χ1) is 13.5. The Morgan fingerprint density at radius 2 is 1.82 bits per heavy atom. The van der Waals surface area contributed by atoms with Gasteiger partial charge in [0.2, 0.25) is 11.8 Å². The summed E-state index contributed by atoms with van der Waals surface area (Å²) >= 11 is 5.92. The summed E-state index contributed by atoms with van der Waals surface area (Å²) in [5.74, 6) is 0.143. The molecule has 3 amide bonds. The average Bonchev–Trinajstić information content (AvgIpc) is 2.73. The van der Waals surface area contributed by atoms with Crippen LogP contribution in [0.15, 0.2) is 42.6 Å². The molecule has 0 unspecified atom stereocenters. The molecular weight excluding hydrogens is 382 g/mol. The standard InChI is InChI=1S/C19H22ClN5O3/c1-28-18-7-4-15(12-21-18)23-17(26)13-22-19(27)25-10-8-24(9-11-25)16-5-2-14(20)3-6-16/h2-7,12H,8-11,13H2,1H3,(H,22,27)(H,23,26). The van der Waals surface area contributed by atoms with Gasteiger partial charge < -0.3 is 25.2 Å². The van der Waals surface area contributed by atoms with Gasteiger partial charge in [-0.05, 0) is 30.3 Å². The normalized spacial score (nSPS) is 13.8. The second-order valence-electron chi connectivity index (χ2n) is 6.25. The molecule has 1 fully saturated rings. The number of ether oxygens (including phenoxy) is 1. The van der Waals surface area contributed by atoms with Crippen molar-refractivity contribution in [2.24, 2.45) is 0 Å². The molecule has 2 aromatic rings. The molecule has 1 aromatic carbocycles. The van der Waals surface area contributed by atoms with Crippen LogP contribution in [0.1, 0.15) is 0 Å². The van der Waals surface area contributed by atoms with E-state index in [1.165, 1.54) is 13.3 Å². The van der Waals surface area contributed by atoms with Gasteiger partial charge in [-0.3, -0.25) is 4.79 Å². The third kappa shape index (κ3) is 5.26. The lowest BCUT2D eigenvalue weighted by atomic mass is 10.2. The summed E-state index contributed by atoms with van der Waals surface area (Å²) in [5.41, 5.74) is 1.62. The topological polar surface area (TPSA) is 86.8 Å². The highest BCUT2D eigenvalue weighted by Gasteiger charge is 2.21. The third-order valence-corrected chi connectivity index (χ3v) is 4.64. The predicted molar refractivity (Wildman–Crippen MR) is 108 cm³/mol. The SMILES string of the molecule is COc1ccc(NC(=O)CNC(=O)N2CCN(c3ccc(Cl)cc3)CC2)cn1. The summed E-state index contributed by atoms with van der Waals surface area (Å²) in [6.07, 6.45) is 1.49. The molecule has 0 spiro atoms. The van der Waals surface area contributed by atoms with Crippen molar-refractivity contribution < 1.29 is 14.3 Å². The van der Waals surface area contributed by atoms with Crippen LogP contribution in [-0.4, -0.2) is 61.7 Å². The number of hydrogen-bond acceptors (Lipinski definition) is 5. The quantitative estimate of drug-likeness (QED) is 0.799. The van der Waals surface area contributed by atoms with Crippen LogP contribution in [0, 0.1) is 0 Å². The highest BCUT2D eigenvalue weighted by molar-refractivity contribution is 6.30. The van der Waals surface area contributed by atoms with Crippen molar-refractivity contribution in [2.75, 3.05) is 50.1 Å². The number of carbonyl (C=O) groups excluding carboxylic acids is 2. The van der Waals surface area contributed by atoms with Gasteiger partial charge in [-0.1, -0.05) is 11.6 Å². The number of benzene rings is 1. The first kappa shape index (κ1) is 19.8. The summed E-state index contributed by atoms with van der Waals surface area (Å²) in [6.45, 7) is 2.50. The predicted octanol–water partition coefficient (Wildman–Crippen LogP) is 2.21. The highest BCUT2D eigenvalue weighted by atomic mass is 35.5. The molecule has 3 rings (SSSR count). The molecule has 2 N–H and O–H groups in total. The van der Waals surface area contributed by atoms with Crippen LogP contribution in [0.5, 0.6) is 5.88 Å². The number of rotatable bonds is 5. The molecule has 0 radical (unpaired) electrons. The first-order valence-corrected chi connectivity index (χ1v) is 9.26. The molecule has 0 atom stereocenters. The van der Waals surface area contributed by atoms with Crippen LogP contribution in [-0.2, 0) is 4.79 Å². The minimum atomic E-state index is -0.319. The number of anilines is 2. The van der Waals surface area contributed by atoms with E-state index in [0.717, 1.165) is 18.8 Å². The van der Waals surface area contributed by atoms with Crippen molar-refractivity contribution >= 4 is 34.9 Å². The summed E-state index contributed by atoms with van der Waals surface area (Å²) in [6, 6.07) is 10.7. The van der Waals surface area contributed by atoms with Gasteiger partial charge in [-0.15, -0.1) is 0 Å². The highest BCUT2D eigenvalue weighted by Crippen LogP contribution is 2.19. The zero-order valence-corrected chi connectivity index (χ0v) is 16.3. The Hall–Kier alpha value is -3.00. The Balaban J connectivity index is 1.41. The monoisotopic (exact) mass is 403 g/mol. The number of aromatic nitrogens is 1. The second-order valence-corrected chi connectivity index (χ2v) is 6.68. The number of nitrogens with one attached hydrogen (secondary N) is 2. The summed E-state index contributed by atoms with van der Waals surface area (Å²) in [5, 5.41) is 6.03. The zero-order valence-electron chi connectivity index (χ0n) is 15.5. The Kier molecular flexibility index (Phi) is 6.54. The number of halogens is 1. The number of carbonyl (C=O) groups is 2. The van der Waals surface area contributed by atoms with Gasteiger partial charge >= 0.3 is 6.03 Å². The molecule has 8 nitrogen and oxygen atoms in total. The Morgan fingerprint density at radius 3 is 2.43 bits per heavy atom. The molecule has 1 aliphatic heterocycles. The van der Waals surface area contributed by atoms with Crippen LogP contribution in [0.3, 0.4) is 0 Å². The van der Waals surface area contributed by atoms with Crippen molar-refractivity contribution in [1.82, 2.24) is 15.2 Å². The molecule has 148 valence electrons. The van der Waals surface area contributed by atoms with E-state index < -0.39 is 0 Å². The number of urea groups is 1. The minimum Gasteiger partial charge on any atom is -0.481 e. The smallest absolute Gasteiger partial charge is 0.317 e. The van der Waals surface area contributed by atoms with E-state index in [9.17, 15) is 9.59 Å². The van der Waals surface area contributed by atoms with Crippen LogP contribution in [0.25, 0.3) is 0 Å². The summed E-state index contributed by atoms with van der Waals surface area (Å²) < 4.78 is 4.97. The van der Waals surface area contributed by atoms with Crippen LogP contribution < -0.4 is 20.3 Å². The number of pyridine rings is 1. The third-order valence-electron chi connectivity index (χ3n) is 4.39. The summed E-state index contributed by atoms with van der Waals surface area (Å²) in [7, 11) is 1.52. The molecule has 0 aliphatic carbocycles. The van der Waals surface area contributed by atoms with E-state index in [-0.39, 0.29) is 18.5 Å². The van der Waals surface area contributed by atoms with E-state index in [1.807, 2.05) is 24.3 Å². The maximum Gasteiger partial charge on any atom is 0.317 e. The van der Waals surface area contributed by atoms with Crippen molar-refractivity contribution in [2.45, 2.75) is 0 Å². The second kappa shape index (κ2) is 9.27. The fourth-order valence-corrected chi connectivity index (χ4v) is 2.99. The van der Waals surface area contributed by atoms with E-state index in [4.69, 9.17) is 16.3 Å². The number of hydrogen-bond donors (Lipinski definition) is 2. The molecule has 1 aromatic heterocycles. The summed E-state index contributed by atoms with van der Waals surface area (Å²) in [4.78, 5) is 32.2. The fourth-order valence-electron chi connectivity index (χ4n) is 2.87. The Bertz CT molecular complexity index is 805. The van der Waals surface area contributed by atoms with Gasteiger partial charge in [0.05, 0.1) is 25.5 Å². The maximum absolute atomic E-state index is 12.3. The fraction of sp³-hybridized carbons (Fsp3) is 0.316.